The maximum atomic E-state index is 14.7. The summed E-state index contributed by atoms with van der Waals surface area (Å²) in [4.78, 5) is 7.01. The first kappa shape index (κ1) is 21.8. The molecule has 2 aliphatic rings. The Balaban J connectivity index is 1.35. The van der Waals surface area contributed by atoms with Gasteiger partial charge in [-0.05, 0) is 67.8 Å². The van der Waals surface area contributed by atoms with E-state index in [-0.39, 0.29) is 12.4 Å². The lowest BCUT2D eigenvalue weighted by Crippen LogP contribution is -2.39. The van der Waals surface area contributed by atoms with Crippen LogP contribution in [0.15, 0.2) is 66.7 Å². The highest BCUT2D eigenvalue weighted by Gasteiger charge is 2.30. The molecule has 1 fully saturated rings. The molecule has 5 heteroatoms. The number of rotatable bonds is 6. The molecule has 1 saturated heterocycles. The smallest absolute Gasteiger partial charge is 0.143 e. The highest BCUT2D eigenvalue weighted by atomic mass is 19.1. The summed E-state index contributed by atoms with van der Waals surface area (Å²) in [5.41, 5.74) is 5.18. The van der Waals surface area contributed by atoms with Crippen LogP contribution in [-0.4, -0.2) is 44.7 Å². The Labute approximate surface area is 196 Å². The fraction of sp³-hybridized carbons (Fsp3) is 0.357. The molecule has 4 nitrogen and oxygen atoms in total. The number of hydrogen-bond acceptors (Lipinski definition) is 4. The normalized spacial score (nSPS) is 17.8. The van der Waals surface area contributed by atoms with Gasteiger partial charge in [-0.1, -0.05) is 30.3 Å². The number of likely N-dealkylation sites (tertiary alicyclic amines) is 1. The highest BCUT2D eigenvalue weighted by molar-refractivity contribution is 5.73. The summed E-state index contributed by atoms with van der Waals surface area (Å²) < 4.78 is 20.7. The maximum absolute atomic E-state index is 14.7. The van der Waals surface area contributed by atoms with E-state index < -0.39 is 0 Å². The van der Waals surface area contributed by atoms with Crippen LogP contribution in [0.5, 0.6) is 5.75 Å². The van der Waals surface area contributed by atoms with Gasteiger partial charge in [0.15, 0.2) is 0 Å². The standard InChI is InChI=1S/C28H32FN3O/c1-30(2)22-14-12-21(13-15-22)16-18-31-17-6-7-23(31)19-32-26-10-5-8-25(29)24(26)20-33-28-11-4-3-9-27(28)32/h3-5,8-15,23H,6-7,16-20H2,1-2H3/t23-/m1/s1. The van der Waals surface area contributed by atoms with Gasteiger partial charge < -0.3 is 14.5 Å². The van der Waals surface area contributed by atoms with Crippen LogP contribution in [0.3, 0.4) is 0 Å². The van der Waals surface area contributed by atoms with Crippen molar-refractivity contribution < 1.29 is 9.13 Å². The van der Waals surface area contributed by atoms with Gasteiger partial charge in [-0.2, -0.15) is 0 Å². The predicted molar refractivity (Wildman–Crippen MR) is 133 cm³/mol. The van der Waals surface area contributed by atoms with Gasteiger partial charge in [0.05, 0.1) is 11.4 Å². The Morgan fingerprint density at radius 2 is 1.76 bits per heavy atom. The van der Waals surface area contributed by atoms with Crippen LogP contribution in [0.1, 0.15) is 24.0 Å². The monoisotopic (exact) mass is 445 g/mol. The van der Waals surface area contributed by atoms with E-state index in [1.54, 1.807) is 6.07 Å². The summed E-state index contributed by atoms with van der Waals surface area (Å²) in [6, 6.07) is 22.7. The molecule has 0 radical (unpaired) electrons. The number of nitrogens with zero attached hydrogens (tertiary/aromatic N) is 3. The largest absolute Gasteiger partial charge is 0.487 e. The van der Waals surface area contributed by atoms with E-state index in [1.807, 2.05) is 24.3 Å². The van der Waals surface area contributed by atoms with E-state index in [1.165, 1.54) is 23.7 Å². The molecule has 0 aromatic heterocycles. The van der Waals surface area contributed by atoms with Gasteiger partial charge in [0.1, 0.15) is 18.2 Å². The highest BCUT2D eigenvalue weighted by Crippen LogP contribution is 2.41. The van der Waals surface area contributed by atoms with Crippen molar-refractivity contribution in [3.8, 4) is 5.75 Å². The Morgan fingerprint density at radius 1 is 0.970 bits per heavy atom. The Hall–Kier alpha value is -3.05. The number of hydrogen-bond donors (Lipinski definition) is 0. The molecule has 0 aliphatic carbocycles. The van der Waals surface area contributed by atoms with Crippen LogP contribution in [-0.2, 0) is 13.0 Å². The van der Waals surface area contributed by atoms with E-state index in [9.17, 15) is 4.39 Å². The van der Waals surface area contributed by atoms with Crippen LogP contribution >= 0.6 is 0 Å². The van der Waals surface area contributed by atoms with E-state index in [2.05, 4.69) is 59.1 Å². The molecule has 2 aliphatic heterocycles. The third-order valence-corrected chi connectivity index (χ3v) is 6.95. The molecule has 0 bridgehead atoms. The first-order valence-electron chi connectivity index (χ1n) is 11.9. The summed E-state index contributed by atoms with van der Waals surface area (Å²) in [6.45, 7) is 3.24. The number of benzene rings is 3. The molecule has 0 N–H and O–H groups in total. The number of para-hydroxylation sites is 2. The zero-order chi connectivity index (χ0) is 22.8. The molecular formula is C28H32FN3O. The minimum atomic E-state index is -0.199. The zero-order valence-corrected chi connectivity index (χ0v) is 19.5. The van der Waals surface area contributed by atoms with E-state index >= 15 is 0 Å². The number of fused-ring (bicyclic) bond motifs is 2. The van der Waals surface area contributed by atoms with E-state index in [0.717, 1.165) is 49.6 Å². The van der Waals surface area contributed by atoms with Gasteiger partial charge in [0.2, 0.25) is 0 Å². The third kappa shape index (κ3) is 4.55. The van der Waals surface area contributed by atoms with Crippen molar-refractivity contribution in [3.05, 3.63) is 83.7 Å². The summed E-state index contributed by atoms with van der Waals surface area (Å²) in [6.07, 6.45) is 3.39. The molecule has 3 aromatic rings. The van der Waals surface area contributed by atoms with Crippen LogP contribution in [0.25, 0.3) is 0 Å². The fourth-order valence-corrected chi connectivity index (χ4v) is 5.06. The summed E-state index contributed by atoms with van der Waals surface area (Å²) in [5.74, 6) is 0.619. The van der Waals surface area contributed by atoms with Gasteiger partial charge in [-0.15, -0.1) is 0 Å². The third-order valence-electron chi connectivity index (χ3n) is 6.95. The van der Waals surface area contributed by atoms with Gasteiger partial charge >= 0.3 is 0 Å². The topological polar surface area (TPSA) is 19.0 Å². The molecule has 0 unspecified atom stereocenters. The quantitative estimate of drug-likeness (QED) is 0.489. The van der Waals surface area contributed by atoms with Gasteiger partial charge in [0, 0.05) is 44.5 Å². The molecule has 0 amide bonds. The second-order valence-corrected chi connectivity index (χ2v) is 9.25. The molecule has 172 valence electrons. The van der Waals surface area contributed by atoms with Crippen LogP contribution in [0.2, 0.25) is 0 Å². The SMILES string of the molecule is CN(C)c1ccc(CCN2CCC[C@@H]2CN2c3ccccc3OCc3c(F)cccc32)cc1. The van der Waals surface area contributed by atoms with Crippen molar-refractivity contribution >= 4 is 17.1 Å². The van der Waals surface area contributed by atoms with E-state index in [4.69, 9.17) is 4.74 Å². The number of ether oxygens (including phenoxy) is 1. The lowest BCUT2D eigenvalue weighted by Gasteiger charge is -2.32. The van der Waals surface area contributed by atoms with Crippen molar-refractivity contribution in [3.63, 3.8) is 0 Å². The van der Waals surface area contributed by atoms with Gasteiger partial charge in [-0.25, -0.2) is 4.39 Å². The lowest BCUT2D eigenvalue weighted by molar-refractivity contribution is 0.261. The van der Waals surface area contributed by atoms with Crippen molar-refractivity contribution in [2.75, 3.05) is 43.5 Å². The Bertz CT molecular complexity index is 1100. The van der Waals surface area contributed by atoms with E-state index in [0.29, 0.717) is 11.6 Å². The summed E-state index contributed by atoms with van der Waals surface area (Å²) in [7, 11) is 4.14. The van der Waals surface area contributed by atoms with Crippen molar-refractivity contribution in [1.29, 1.82) is 0 Å². The minimum Gasteiger partial charge on any atom is -0.487 e. The van der Waals surface area contributed by atoms with Gasteiger partial charge in [-0.3, -0.25) is 4.90 Å². The molecule has 1 atom stereocenters. The zero-order valence-electron chi connectivity index (χ0n) is 19.5. The first-order chi connectivity index (χ1) is 16.1. The van der Waals surface area contributed by atoms with Crippen molar-refractivity contribution in [2.24, 2.45) is 0 Å². The molecular weight excluding hydrogens is 413 g/mol. The van der Waals surface area contributed by atoms with Gasteiger partial charge in [0.25, 0.3) is 0 Å². The summed E-state index contributed by atoms with van der Waals surface area (Å²) >= 11 is 0. The second kappa shape index (κ2) is 9.44. The first-order valence-corrected chi connectivity index (χ1v) is 11.9. The Morgan fingerprint density at radius 3 is 2.58 bits per heavy atom. The maximum Gasteiger partial charge on any atom is 0.143 e. The second-order valence-electron chi connectivity index (χ2n) is 9.25. The minimum absolute atomic E-state index is 0.199. The Kier molecular flexibility index (Phi) is 6.23. The van der Waals surface area contributed by atoms with Crippen molar-refractivity contribution in [1.82, 2.24) is 4.90 Å². The van der Waals surface area contributed by atoms with Crippen LogP contribution < -0.4 is 14.5 Å². The average Bonchev–Trinajstić information content (AvgIpc) is 3.21. The molecule has 5 rings (SSSR count). The van der Waals surface area contributed by atoms with Crippen LogP contribution in [0.4, 0.5) is 21.5 Å². The molecule has 3 aromatic carbocycles. The fourth-order valence-electron chi connectivity index (χ4n) is 5.06. The predicted octanol–water partition coefficient (Wildman–Crippen LogP) is 5.63. The van der Waals surface area contributed by atoms with Crippen LogP contribution in [0, 0.1) is 5.82 Å². The molecule has 0 spiro atoms. The molecule has 33 heavy (non-hydrogen) atoms. The summed E-state index contributed by atoms with van der Waals surface area (Å²) in [5, 5.41) is 0. The molecule has 0 saturated carbocycles. The number of halogens is 1. The average molecular weight is 446 g/mol. The molecule has 2 heterocycles. The number of anilines is 3. The lowest BCUT2D eigenvalue weighted by atomic mass is 10.1. The van der Waals surface area contributed by atoms with Crippen molar-refractivity contribution in [2.45, 2.75) is 31.9 Å².